The van der Waals surface area contributed by atoms with Gasteiger partial charge in [0.1, 0.15) is 0 Å². The van der Waals surface area contributed by atoms with Crippen molar-refractivity contribution in [3.05, 3.63) is 23.9 Å². The van der Waals surface area contributed by atoms with Crippen molar-refractivity contribution in [3.63, 3.8) is 0 Å². The summed E-state index contributed by atoms with van der Waals surface area (Å²) in [4.78, 5) is 0. The summed E-state index contributed by atoms with van der Waals surface area (Å²) in [7, 11) is 3.52. The smallest absolute Gasteiger partial charge is 0.166 e. The van der Waals surface area contributed by atoms with Crippen LogP contribution in [0.4, 0.5) is 4.39 Å². The normalized spacial score (nSPS) is 15.5. The van der Waals surface area contributed by atoms with Gasteiger partial charge >= 0.3 is 0 Å². The van der Waals surface area contributed by atoms with Crippen molar-refractivity contribution in [2.75, 3.05) is 14.1 Å². The van der Waals surface area contributed by atoms with Gasteiger partial charge in [0, 0.05) is 20.3 Å². The Labute approximate surface area is 80.3 Å². The SMILES string of the molecule is C/C=C(C)/C=C\N(C)N(C)C(C)F. The number of allylic oxidation sites excluding steroid dienone is 3. The van der Waals surface area contributed by atoms with Gasteiger partial charge in [0.2, 0.25) is 0 Å². The van der Waals surface area contributed by atoms with Crippen molar-refractivity contribution in [2.45, 2.75) is 27.1 Å². The third kappa shape index (κ3) is 4.68. The molecule has 1 unspecified atom stereocenters. The molecule has 0 fully saturated rings. The van der Waals surface area contributed by atoms with Gasteiger partial charge in [-0.15, -0.1) is 0 Å². The lowest BCUT2D eigenvalue weighted by Crippen LogP contribution is -2.37. The molecule has 0 aromatic heterocycles. The predicted octanol–water partition coefficient (Wildman–Crippen LogP) is 2.56. The topological polar surface area (TPSA) is 6.48 Å². The Balaban J connectivity index is 4.14. The lowest BCUT2D eigenvalue weighted by Gasteiger charge is -2.27. The average Bonchev–Trinajstić information content (AvgIpc) is 2.11. The van der Waals surface area contributed by atoms with Gasteiger partial charge in [-0.05, 0) is 26.8 Å². The van der Waals surface area contributed by atoms with Gasteiger partial charge in [0.15, 0.2) is 6.30 Å². The summed E-state index contributed by atoms with van der Waals surface area (Å²) in [6, 6.07) is 0. The van der Waals surface area contributed by atoms with Gasteiger partial charge in [0.05, 0.1) is 0 Å². The first-order valence-corrected chi connectivity index (χ1v) is 4.39. The van der Waals surface area contributed by atoms with Crippen LogP contribution in [-0.2, 0) is 0 Å². The van der Waals surface area contributed by atoms with E-state index in [0.717, 1.165) is 5.57 Å². The van der Waals surface area contributed by atoms with Crippen LogP contribution in [0, 0.1) is 0 Å². The van der Waals surface area contributed by atoms with E-state index in [2.05, 4.69) is 0 Å². The highest BCUT2D eigenvalue weighted by Gasteiger charge is 2.08. The van der Waals surface area contributed by atoms with Crippen molar-refractivity contribution >= 4 is 0 Å². The van der Waals surface area contributed by atoms with Gasteiger partial charge in [-0.25, -0.2) is 4.39 Å². The highest BCUT2D eigenvalue weighted by Crippen LogP contribution is 2.02. The van der Waals surface area contributed by atoms with Crippen molar-refractivity contribution < 1.29 is 4.39 Å². The molecule has 0 radical (unpaired) electrons. The quantitative estimate of drug-likeness (QED) is 0.378. The van der Waals surface area contributed by atoms with E-state index in [0.29, 0.717) is 0 Å². The van der Waals surface area contributed by atoms with Crippen LogP contribution in [0.5, 0.6) is 0 Å². The van der Waals surface area contributed by atoms with Crippen molar-refractivity contribution in [2.24, 2.45) is 0 Å². The maximum absolute atomic E-state index is 12.8. The molecule has 3 heteroatoms. The minimum atomic E-state index is -0.972. The minimum absolute atomic E-state index is 0.972. The van der Waals surface area contributed by atoms with Gasteiger partial charge in [0.25, 0.3) is 0 Å². The molecule has 76 valence electrons. The zero-order valence-corrected chi connectivity index (χ0v) is 9.08. The monoisotopic (exact) mass is 186 g/mol. The van der Waals surface area contributed by atoms with E-state index < -0.39 is 6.30 Å². The molecule has 0 aromatic carbocycles. The standard InChI is InChI=1S/C10H19FN2/c1-6-9(2)7-8-12(4)13(5)10(3)11/h6-8,10H,1-5H3/b8-7-,9-6+. The first-order chi connectivity index (χ1) is 5.99. The molecule has 0 bridgehead atoms. The number of halogens is 1. The van der Waals surface area contributed by atoms with Crippen LogP contribution in [-0.4, -0.2) is 30.4 Å². The molecular formula is C10H19FN2. The summed E-state index contributed by atoms with van der Waals surface area (Å²) in [6.07, 6.45) is 4.81. The van der Waals surface area contributed by atoms with Gasteiger partial charge in [-0.2, -0.15) is 5.01 Å². The van der Waals surface area contributed by atoms with E-state index in [1.165, 1.54) is 11.9 Å². The number of hydrogen-bond donors (Lipinski definition) is 0. The van der Waals surface area contributed by atoms with E-state index >= 15 is 0 Å². The Morgan fingerprint density at radius 2 is 1.92 bits per heavy atom. The number of hydrazine groups is 1. The average molecular weight is 186 g/mol. The molecule has 2 nitrogen and oxygen atoms in total. The van der Waals surface area contributed by atoms with Crippen LogP contribution < -0.4 is 0 Å². The second-order valence-corrected chi connectivity index (χ2v) is 3.07. The van der Waals surface area contributed by atoms with E-state index in [-0.39, 0.29) is 0 Å². The van der Waals surface area contributed by atoms with Crippen LogP contribution in [0.1, 0.15) is 20.8 Å². The predicted molar refractivity (Wildman–Crippen MR) is 54.7 cm³/mol. The largest absolute Gasteiger partial charge is 0.314 e. The third-order valence-electron chi connectivity index (χ3n) is 2.02. The Morgan fingerprint density at radius 3 is 2.31 bits per heavy atom. The molecular weight excluding hydrogens is 167 g/mol. The molecule has 0 N–H and O–H groups in total. The van der Waals surface area contributed by atoms with Gasteiger partial charge in [-0.1, -0.05) is 11.6 Å². The maximum atomic E-state index is 12.8. The number of alkyl halides is 1. The summed E-state index contributed by atoms with van der Waals surface area (Å²) >= 11 is 0. The molecule has 0 rings (SSSR count). The molecule has 0 aromatic rings. The Bertz CT molecular complexity index is 197. The fourth-order valence-electron chi connectivity index (χ4n) is 0.678. The molecule has 0 amide bonds. The highest BCUT2D eigenvalue weighted by atomic mass is 19.1. The fourth-order valence-corrected chi connectivity index (χ4v) is 0.678. The highest BCUT2D eigenvalue weighted by molar-refractivity contribution is 5.13. The maximum Gasteiger partial charge on any atom is 0.166 e. The minimum Gasteiger partial charge on any atom is -0.314 e. The summed E-state index contributed by atoms with van der Waals surface area (Å²) in [5, 5.41) is 3.23. The molecule has 0 aliphatic carbocycles. The second kappa shape index (κ2) is 5.75. The van der Waals surface area contributed by atoms with Gasteiger partial charge in [-0.3, -0.25) is 0 Å². The molecule has 0 aliphatic heterocycles. The molecule has 0 saturated carbocycles. The van der Waals surface area contributed by atoms with Crippen molar-refractivity contribution in [1.29, 1.82) is 0 Å². The summed E-state index contributed by atoms with van der Waals surface area (Å²) in [6.45, 7) is 5.48. The molecule has 0 saturated heterocycles. The zero-order valence-electron chi connectivity index (χ0n) is 9.08. The first-order valence-electron chi connectivity index (χ1n) is 4.39. The van der Waals surface area contributed by atoms with Gasteiger partial charge < -0.3 is 5.01 Å². The molecule has 13 heavy (non-hydrogen) atoms. The van der Waals surface area contributed by atoms with E-state index in [1.807, 2.05) is 39.2 Å². The van der Waals surface area contributed by atoms with Crippen LogP contribution in [0.15, 0.2) is 23.9 Å². The van der Waals surface area contributed by atoms with Crippen LogP contribution in [0.2, 0.25) is 0 Å². The lowest BCUT2D eigenvalue weighted by atomic mass is 10.3. The summed E-state index contributed by atoms with van der Waals surface area (Å²) in [5.41, 5.74) is 1.16. The number of rotatable bonds is 4. The molecule has 1 atom stereocenters. The van der Waals surface area contributed by atoms with Crippen molar-refractivity contribution in [3.8, 4) is 0 Å². The van der Waals surface area contributed by atoms with Crippen molar-refractivity contribution in [1.82, 2.24) is 10.0 Å². The third-order valence-corrected chi connectivity index (χ3v) is 2.02. The Morgan fingerprint density at radius 1 is 1.38 bits per heavy atom. The Kier molecular flexibility index (Phi) is 5.39. The van der Waals surface area contributed by atoms with Crippen LogP contribution >= 0.6 is 0 Å². The fraction of sp³-hybridized carbons (Fsp3) is 0.600. The zero-order chi connectivity index (χ0) is 10.4. The summed E-state index contributed by atoms with van der Waals surface area (Å²) in [5.74, 6) is 0. The number of nitrogens with zero attached hydrogens (tertiary/aromatic N) is 2. The van der Waals surface area contributed by atoms with Crippen LogP contribution in [0.3, 0.4) is 0 Å². The number of hydrogen-bond acceptors (Lipinski definition) is 2. The van der Waals surface area contributed by atoms with E-state index in [4.69, 9.17) is 0 Å². The molecule has 0 aliphatic rings. The lowest BCUT2D eigenvalue weighted by molar-refractivity contribution is -0.0240. The second-order valence-electron chi connectivity index (χ2n) is 3.07. The van der Waals surface area contributed by atoms with E-state index in [1.54, 1.807) is 12.1 Å². The molecule has 0 spiro atoms. The molecule has 0 heterocycles. The van der Waals surface area contributed by atoms with Crippen LogP contribution in [0.25, 0.3) is 0 Å². The Hall–Kier alpha value is -0.830. The summed E-state index contributed by atoms with van der Waals surface area (Å²) < 4.78 is 12.8. The first kappa shape index (κ1) is 12.2. The van der Waals surface area contributed by atoms with E-state index in [9.17, 15) is 4.39 Å².